The number of aliphatic hydroxyl groups is 1. The summed E-state index contributed by atoms with van der Waals surface area (Å²) >= 11 is 5.85. The molecule has 1 aliphatic rings. The van der Waals surface area contributed by atoms with Crippen molar-refractivity contribution in [3.05, 3.63) is 64.2 Å². The molecule has 0 aliphatic heterocycles. The Bertz CT molecular complexity index is 594. The van der Waals surface area contributed by atoms with Gasteiger partial charge in [0.1, 0.15) is 0 Å². The standard InChI is InChI=1S/C17H18ClNO/c18-15-7-4-13(5-8-15)17(20)11-19-16-9-6-12-2-1-3-14(12)10-16/h4-10,17,19-20H,1-3,11H2. The highest BCUT2D eigenvalue weighted by Gasteiger charge is 2.11. The zero-order valence-corrected chi connectivity index (χ0v) is 12.0. The molecule has 0 fully saturated rings. The number of halogens is 1. The quantitative estimate of drug-likeness (QED) is 0.892. The number of benzene rings is 2. The molecular formula is C17H18ClNO. The molecule has 0 saturated carbocycles. The van der Waals surface area contributed by atoms with Crippen LogP contribution < -0.4 is 5.32 Å². The van der Waals surface area contributed by atoms with Crippen LogP contribution in [-0.4, -0.2) is 11.7 Å². The number of nitrogens with one attached hydrogen (secondary N) is 1. The fourth-order valence-electron chi connectivity index (χ4n) is 2.70. The van der Waals surface area contributed by atoms with Crippen molar-refractivity contribution < 1.29 is 5.11 Å². The van der Waals surface area contributed by atoms with Gasteiger partial charge >= 0.3 is 0 Å². The number of fused-ring (bicyclic) bond motifs is 1. The summed E-state index contributed by atoms with van der Waals surface area (Å²) in [5.41, 5.74) is 4.87. The molecule has 3 heteroatoms. The Labute approximate surface area is 124 Å². The van der Waals surface area contributed by atoms with Gasteiger partial charge in [-0.2, -0.15) is 0 Å². The highest BCUT2D eigenvalue weighted by atomic mass is 35.5. The Morgan fingerprint density at radius 2 is 1.80 bits per heavy atom. The molecule has 0 aromatic heterocycles. The first kappa shape index (κ1) is 13.5. The van der Waals surface area contributed by atoms with Crippen LogP contribution in [0.25, 0.3) is 0 Å². The molecule has 2 N–H and O–H groups in total. The summed E-state index contributed by atoms with van der Waals surface area (Å²) in [5, 5.41) is 14.2. The van der Waals surface area contributed by atoms with Crippen molar-refractivity contribution in [1.29, 1.82) is 0 Å². The SMILES string of the molecule is OC(CNc1ccc2c(c1)CCC2)c1ccc(Cl)cc1. The van der Waals surface area contributed by atoms with E-state index in [1.807, 2.05) is 12.1 Å². The minimum absolute atomic E-state index is 0.500. The van der Waals surface area contributed by atoms with Gasteiger partial charge in [0.15, 0.2) is 0 Å². The molecule has 0 radical (unpaired) electrons. The third-order valence-corrected chi connectivity index (χ3v) is 4.10. The number of rotatable bonds is 4. The first-order chi connectivity index (χ1) is 9.72. The van der Waals surface area contributed by atoms with Crippen LogP contribution in [0.4, 0.5) is 5.69 Å². The lowest BCUT2D eigenvalue weighted by Gasteiger charge is -2.14. The lowest BCUT2D eigenvalue weighted by Crippen LogP contribution is -2.12. The van der Waals surface area contributed by atoms with Crippen molar-refractivity contribution in [2.75, 3.05) is 11.9 Å². The smallest absolute Gasteiger partial charge is 0.0962 e. The summed E-state index contributed by atoms with van der Waals surface area (Å²) in [6.45, 7) is 0.500. The average Bonchev–Trinajstić information content (AvgIpc) is 2.93. The number of hydrogen-bond donors (Lipinski definition) is 2. The highest BCUT2D eigenvalue weighted by Crippen LogP contribution is 2.25. The van der Waals surface area contributed by atoms with Crippen LogP contribution in [0.2, 0.25) is 5.02 Å². The maximum Gasteiger partial charge on any atom is 0.0962 e. The van der Waals surface area contributed by atoms with Crippen molar-refractivity contribution in [2.24, 2.45) is 0 Å². The van der Waals surface area contributed by atoms with E-state index in [0.29, 0.717) is 11.6 Å². The first-order valence-corrected chi connectivity index (χ1v) is 7.39. The fourth-order valence-corrected chi connectivity index (χ4v) is 2.83. The van der Waals surface area contributed by atoms with E-state index in [2.05, 4.69) is 23.5 Å². The number of aliphatic hydroxyl groups excluding tert-OH is 1. The van der Waals surface area contributed by atoms with E-state index in [1.54, 1.807) is 12.1 Å². The number of hydrogen-bond acceptors (Lipinski definition) is 2. The predicted molar refractivity (Wildman–Crippen MR) is 83.4 cm³/mol. The second kappa shape index (κ2) is 5.86. The third-order valence-electron chi connectivity index (χ3n) is 3.85. The maximum absolute atomic E-state index is 10.2. The van der Waals surface area contributed by atoms with E-state index in [1.165, 1.54) is 30.4 Å². The van der Waals surface area contributed by atoms with Gasteiger partial charge in [-0.3, -0.25) is 0 Å². The van der Waals surface area contributed by atoms with Crippen LogP contribution in [0.1, 0.15) is 29.2 Å². The van der Waals surface area contributed by atoms with Crippen molar-refractivity contribution in [2.45, 2.75) is 25.4 Å². The van der Waals surface area contributed by atoms with Gasteiger partial charge in [0, 0.05) is 17.3 Å². The number of aryl methyl sites for hydroxylation is 2. The Hall–Kier alpha value is -1.51. The van der Waals surface area contributed by atoms with Gasteiger partial charge in [-0.1, -0.05) is 29.8 Å². The van der Waals surface area contributed by atoms with Gasteiger partial charge in [-0.05, 0) is 60.2 Å². The third kappa shape index (κ3) is 2.97. The zero-order valence-electron chi connectivity index (χ0n) is 11.3. The van der Waals surface area contributed by atoms with Gasteiger partial charge in [-0.15, -0.1) is 0 Å². The lowest BCUT2D eigenvalue weighted by molar-refractivity contribution is 0.191. The minimum Gasteiger partial charge on any atom is -0.387 e. The molecule has 1 unspecified atom stereocenters. The molecule has 20 heavy (non-hydrogen) atoms. The van der Waals surface area contributed by atoms with Crippen LogP contribution in [0.3, 0.4) is 0 Å². The molecule has 104 valence electrons. The molecule has 0 heterocycles. The van der Waals surface area contributed by atoms with Gasteiger partial charge in [-0.25, -0.2) is 0 Å². The van der Waals surface area contributed by atoms with E-state index in [0.717, 1.165) is 11.3 Å². The topological polar surface area (TPSA) is 32.3 Å². The van der Waals surface area contributed by atoms with Crippen LogP contribution in [0, 0.1) is 0 Å². The van der Waals surface area contributed by atoms with Crippen LogP contribution in [0.15, 0.2) is 42.5 Å². The van der Waals surface area contributed by atoms with Gasteiger partial charge in [0.2, 0.25) is 0 Å². The van der Waals surface area contributed by atoms with Gasteiger partial charge in [0.25, 0.3) is 0 Å². The Kier molecular flexibility index (Phi) is 3.95. The van der Waals surface area contributed by atoms with Crippen molar-refractivity contribution in [3.8, 4) is 0 Å². The highest BCUT2D eigenvalue weighted by molar-refractivity contribution is 6.30. The Morgan fingerprint density at radius 1 is 1.05 bits per heavy atom. The van der Waals surface area contributed by atoms with Crippen molar-refractivity contribution >= 4 is 17.3 Å². The van der Waals surface area contributed by atoms with Crippen LogP contribution in [-0.2, 0) is 12.8 Å². The van der Waals surface area contributed by atoms with E-state index < -0.39 is 6.10 Å². The lowest BCUT2D eigenvalue weighted by atomic mass is 10.1. The molecule has 1 aliphatic carbocycles. The molecule has 2 nitrogen and oxygen atoms in total. The van der Waals surface area contributed by atoms with E-state index in [4.69, 9.17) is 11.6 Å². The van der Waals surface area contributed by atoms with E-state index >= 15 is 0 Å². The summed E-state index contributed by atoms with van der Waals surface area (Å²) < 4.78 is 0. The zero-order chi connectivity index (χ0) is 13.9. The van der Waals surface area contributed by atoms with Crippen LogP contribution >= 0.6 is 11.6 Å². The Balaban J connectivity index is 1.63. The van der Waals surface area contributed by atoms with Crippen molar-refractivity contribution in [3.63, 3.8) is 0 Å². The van der Waals surface area contributed by atoms with E-state index in [9.17, 15) is 5.11 Å². The normalized spacial score (nSPS) is 14.9. The maximum atomic E-state index is 10.2. The predicted octanol–water partition coefficient (Wildman–Crippen LogP) is 3.97. The molecule has 0 amide bonds. The Morgan fingerprint density at radius 3 is 2.60 bits per heavy atom. The fraction of sp³-hybridized carbons (Fsp3) is 0.294. The number of anilines is 1. The molecule has 3 rings (SSSR count). The van der Waals surface area contributed by atoms with Gasteiger partial charge < -0.3 is 10.4 Å². The second-order valence-electron chi connectivity index (χ2n) is 5.29. The summed E-state index contributed by atoms with van der Waals surface area (Å²) in [5.74, 6) is 0. The molecule has 0 saturated heterocycles. The molecule has 0 spiro atoms. The molecule has 1 atom stereocenters. The minimum atomic E-state index is -0.527. The molecule has 2 aromatic rings. The van der Waals surface area contributed by atoms with Crippen LogP contribution in [0.5, 0.6) is 0 Å². The first-order valence-electron chi connectivity index (χ1n) is 7.01. The largest absolute Gasteiger partial charge is 0.387 e. The summed E-state index contributed by atoms with van der Waals surface area (Å²) in [6, 6.07) is 13.8. The molecule has 0 bridgehead atoms. The monoisotopic (exact) mass is 287 g/mol. The molecular weight excluding hydrogens is 270 g/mol. The summed E-state index contributed by atoms with van der Waals surface area (Å²) in [7, 11) is 0. The second-order valence-corrected chi connectivity index (χ2v) is 5.72. The van der Waals surface area contributed by atoms with E-state index in [-0.39, 0.29) is 0 Å². The van der Waals surface area contributed by atoms with Gasteiger partial charge in [0.05, 0.1) is 6.10 Å². The average molecular weight is 288 g/mol. The van der Waals surface area contributed by atoms with Crippen molar-refractivity contribution in [1.82, 2.24) is 0 Å². The molecule has 2 aromatic carbocycles. The summed E-state index contributed by atoms with van der Waals surface area (Å²) in [4.78, 5) is 0. The summed E-state index contributed by atoms with van der Waals surface area (Å²) in [6.07, 6.45) is 3.10.